The minimum Gasteiger partial charge on any atom is -0.361 e. The lowest BCUT2D eigenvalue weighted by molar-refractivity contribution is -0.202. The molecule has 1 aromatic rings. The van der Waals surface area contributed by atoms with Crippen LogP contribution in [0.1, 0.15) is 19.4 Å². The van der Waals surface area contributed by atoms with Gasteiger partial charge in [-0.2, -0.15) is 0 Å². The van der Waals surface area contributed by atoms with Gasteiger partial charge in [0.1, 0.15) is 6.04 Å². The zero-order chi connectivity index (χ0) is 14.4. The Morgan fingerprint density at radius 1 is 1.15 bits per heavy atom. The van der Waals surface area contributed by atoms with Crippen molar-refractivity contribution in [3.8, 4) is 0 Å². The molecule has 0 saturated carbocycles. The summed E-state index contributed by atoms with van der Waals surface area (Å²) in [5, 5.41) is 2.78. The molecule has 5 heteroatoms. The predicted octanol–water partition coefficient (Wildman–Crippen LogP) is 1.47. The lowest BCUT2D eigenvalue weighted by atomic mass is 10.0. The maximum Gasteiger partial charge on any atom is 0.252 e. The Bertz CT molecular complexity index is 417. The summed E-state index contributed by atoms with van der Waals surface area (Å²) >= 11 is 0. The van der Waals surface area contributed by atoms with Crippen molar-refractivity contribution in [2.75, 3.05) is 13.2 Å². The van der Waals surface area contributed by atoms with Crippen LogP contribution < -0.4 is 5.32 Å². The van der Waals surface area contributed by atoms with E-state index in [0.717, 1.165) is 5.56 Å². The molecule has 1 amide bonds. The predicted molar refractivity (Wildman–Crippen MR) is 74.0 cm³/mol. The van der Waals surface area contributed by atoms with E-state index in [9.17, 15) is 4.79 Å². The maximum absolute atomic E-state index is 11.6. The Labute approximate surface area is 119 Å². The fraction of sp³-hybridized carbons (Fsp3) is 0.533. The van der Waals surface area contributed by atoms with E-state index in [0.29, 0.717) is 19.8 Å². The summed E-state index contributed by atoms with van der Waals surface area (Å²) < 4.78 is 16.7. The van der Waals surface area contributed by atoms with Gasteiger partial charge in [0.25, 0.3) is 5.91 Å². The number of hydrogen-bond acceptors (Lipinski definition) is 4. The van der Waals surface area contributed by atoms with Gasteiger partial charge in [0.2, 0.25) is 0 Å². The second-order valence-corrected chi connectivity index (χ2v) is 4.53. The normalized spacial score (nSPS) is 21.6. The summed E-state index contributed by atoms with van der Waals surface area (Å²) in [6.07, 6.45) is -0.971. The van der Waals surface area contributed by atoms with Crippen molar-refractivity contribution in [3.63, 3.8) is 0 Å². The topological polar surface area (TPSA) is 56.8 Å². The van der Waals surface area contributed by atoms with Crippen molar-refractivity contribution in [1.29, 1.82) is 0 Å². The van der Waals surface area contributed by atoms with Crippen LogP contribution in [0.25, 0.3) is 0 Å². The molecule has 1 aromatic carbocycles. The van der Waals surface area contributed by atoms with Gasteiger partial charge < -0.3 is 19.5 Å². The molecule has 0 spiro atoms. The molecule has 0 aromatic heterocycles. The minimum absolute atomic E-state index is 0.115. The van der Waals surface area contributed by atoms with E-state index in [-0.39, 0.29) is 11.9 Å². The van der Waals surface area contributed by atoms with Gasteiger partial charge >= 0.3 is 0 Å². The van der Waals surface area contributed by atoms with E-state index in [1.807, 2.05) is 44.2 Å². The van der Waals surface area contributed by atoms with E-state index in [4.69, 9.17) is 14.2 Å². The molecule has 1 N–H and O–H groups in total. The number of hydrogen-bond donors (Lipinski definition) is 1. The first-order valence-electron chi connectivity index (χ1n) is 6.95. The minimum atomic E-state index is -0.515. The fourth-order valence-corrected chi connectivity index (χ4v) is 2.12. The Hall–Kier alpha value is -1.43. The molecular formula is C15H21NO4. The number of benzene rings is 1. The van der Waals surface area contributed by atoms with E-state index in [2.05, 4.69) is 5.32 Å². The summed E-state index contributed by atoms with van der Waals surface area (Å²) in [5.41, 5.74) is 1.04. The van der Waals surface area contributed by atoms with E-state index >= 15 is 0 Å². The zero-order valence-electron chi connectivity index (χ0n) is 11.9. The number of rotatable bonds is 8. The van der Waals surface area contributed by atoms with Crippen molar-refractivity contribution < 1.29 is 19.0 Å². The van der Waals surface area contributed by atoms with Crippen LogP contribution in [0.3, 0.4) is 0 Å². The third kappa shape index (κ3) is 3.56. The third-order valence-corrected chi connectivity index (χ3v) is 3.12. The second-order valence-electron chi connectivity index (χ2n) is 4.53. The van der Waals surface area contributed by atoms with Crippen molar-refractivity contribution >= 4 is 5.91 Å². The molecule has 0 unspecified atom stereocenters. The Morgan fingerprint density at radius 3 is 2.35 bits per heavy atom. The molecule has 2 atom stereocenters. The van der Waals surface area contributed by atoms with Crippen molar-refractivity contribution in [3.05, 3.63) is 35.9 Å². The first-order valence-corrected chi connectivity index (χ1v) is 6.95. The standard InChI is InChI=1S/C15H21NO4/c1-3-18-15(19-4-2)12-13(14(17)16-12)20-10-11-8-6-5-7-9-11/h5-9,12-13,15H,3-4,10H2,1-2H3,(H,16,17)/t12-,13-/m0/s1. The van der Waals surface area contributed by atoms with Crippen molar-refractivity contribution in [1.82, 2.24) is 5.32 Å². The lowest BCUT2D eigenvalue weighted by Gasteiger charge is -2.40. The molecule has 1 aliphatic rings. The Balaban J connectivity index is 1.90. The van der Waals surface area contributed by atoms with Gasteiger partial charge in [-0.3, -0.25) is 4.79 Å². The van der Waals surface area contributed by atoms with Crippen LogP contribution in [-0.2, 0) is 25.6 Å². The lowest BCUT2D eigenvalue weighted by Crippen LogP contribution is -2.68. The Morgan fingerprint density at radius 2 is 1.80 bits per heavy atom. The number of β-lactam (4-membered cyclic amide) rings is 1. The summed E-state index contributed by atoms with van der Waals surface area (Å²) in [6, 6.07) is 9.52. The molecule has 0 aliphatic carbocycles. The largest absolute Gasteiger partial charge is 0.361 e. The van der Waals surface area contributed by atoms with Crippen molar-refractivity contribution in [2.45, 2.75) is 38.9 Å². The quantitative estimate of drug-likeness (QED) is 0.578. The van der Waals surface area contributed by atoms with Gasteiger partial charge in [0, 0.05) is 13.2 Å². The molecule has 1 fully saturated rings. The van der Waals surface area contributed by atoms with E-state index < -0.39 is 12.4 Å². The van der Waals surface area contributed by atoms with Crippen LogP contribution >= 0.6 is 0 Å². The molecule has 0 bridgehead atoms. The molecule has 1 heterocycles. The fourth-order valence-electron chi connectivity index (χ4n) is 2.12. The second kappa shape index (κ2) is 7.38. The first kappa shape index (κ1) is 15.0. The van der Waals surface area contributed by atoms with Gasteiger partial charge in [0.05, 0.1) is 6.61 Å². The van der Waals surface area contributed by atoms with Crippen molar-refractivity contribution in [2.24, 2.45) is 0 Å². The van der Waals surface area contributed by atoms with E-state index in [1.54, 1.807) is 0 Å². The highest BCUT2D eigenvalue weighted by Crippen LogP contribution is 2.19. The number of ether oxygens (including phenoxy) is 3. The summed E-state index contributed by atoms with van der Waals surface area (Å²) in [5.74, 6) is -0.115. The first-order chi connectivity index (χ1) is 9.76. The average Bonchev–Trinajstić information content (AvgIpc) is 2.46. The van der Waals surface area contributed by atoms with Gasteiger partial charge in [-0.25, -0.2) is 0 Å². The summed E-state index contributed by atoms with van der Waals surface area (Å²) in [4.78, 5) is 11.6. The number of carbonyl (C=O) groups excluding carboxylic acids is 1. The average molecular weight is 279 g/mol. The SMILES string of the molecule is CCOC(OCC)[C@H]1NC(=O)[C@H]1OCc1ccccc1. The highest BCUT2D eigenvalue weighted by atomic mass is 16.7. The molecule has 1 aliphatic heterocycles. The summed E-state index contributed by atoms with van der Waals surface area (Å²) in [6.45, 7) is 5.25. The summed E-state index contributed by atoms with van der Waals surface area (Å²) in [7, 11) is 0. The molecule has 20 heavy (non-hydrogen) atoms. The monoisotopic (exact) mass is 279 g/mol. The molecule has 110 valence electrons. The van der Waals surface area contributed by atoms with Crippen LogP contribution in [0, 0.1) is 0 Å². The van der Waals surface area contributed by atoms with Gasteiger partial charge in [0.15, 0.2) is 12.4 Å². The molecular weight excluding hydrogens is 258 g/mol. The molecule has 5 nitrogen and oxygen atoms in total. The molecule has 2 rings (SSSR count). The van der Waals surface area contributed by atoms with Gasteiger partial charge in [-0.15, -0.1) is 0 Å². The van der Waals surface area contributed by atoms with Crippen LogP contribution in [0.4, 0.5) is 0 Å². The maximum atomic E-state index is 11.6. The third-order valence-electron chi connectivity index (χ3n) is 3.12. The van der Waals surface area contributed by atoms with Gasteiger partial charge in [-0.05, 0) is 19.4 Å². The highest BCUT2D eigenvalue weighted by molar-refractivity contribution is 5.88. The van der Waals surface area contributed by atoms with Gasteiger partial charge in [-0.1, -0.05) is 30.3 Å². The molecule has 1 saturated heterocycles. The molecule has 0 radical (unpaired) electrons. The highest BCUT2D eigenvalue weighted by Gasteiger charge is 2.46. The van der Waals surface area contributed by atoms with E-state index in [1.165, 1.54) is 0 Å². The van der Waals surface area contributed by atoms with Crippen LogP contribution in [0.5, 0.6) is 0 Å². The van der Waals surface area contributed by atoms with Crippen LogP contribution in [0.2, 0.25) is 0 Å². The number of amides is 1. The van der Waals surface area contributed by atoms with Crippen LogP contribution in [0.15, 0.2) is 30.3 Å². The zero-order valence-corrected chi connectivity index (χ0v) is 11.9. The number of carbonyl (C=O) groups is 1. The number of nitrogens with one attached hydrogen (secondary N) is 1. The smallest absolute Gasteiger partial charge is 0.252 e. The van der Waals surface area contributed by atoms with Crippen LogP contribution in [-0.4, -0.2) is 37.6 Å². The Kier molecular flexibility index (Phi) is 5.52.